The van der Waals surface area contributed by atoms with Gasteiger partial charge < -0.3 is 39.7 Å². The summed E-state index contributed by atoms with van der Waals surface area (Å²) in [6.07, 6.45) is 3.42. The van der Waals surface area contributed by atoms with Gasteiger partial charge in [0.1, 0.15) is 16.5 Å². The van der Waals surface area contributed by atoms with Crippen molar-refractivity contribution in [3.63, 3.8) is 0 Å². The number of halogens is 1. The number of rotatable bonds is 18. The number of amides is 1. The normalized spacial score (nSPS) is 13.0. The number of nitrogens with zero attached hydrogens (tertiary/aromatic N) is 6. The minimum atomic E-state index is -4.21. The molecule has 0 radical (unpaired) electrons. The highest BCUT2D eigenvalue weighted by Crippen LogP contribution is 2.34. The predicted molar refractivity (Wildman–Crippen MR) is 210 cm³/mol. The van der Waals surface area contributed by atoms with Gasteiger partial charge in [-0.25, -0.2) is 13.4 Å². The van der Waals surface area contributed by atoms with Crippen molar-refractivity contribution in [2.24, 2.45) is 0 Å². The maximum Gasteiger partial charge on any atom is 0.414 e. The summed E-state index contributed by atoms with van der Waals surface area (Å²) in [5.74, 6) is 0.102. The number of carbonyl (C=O) groups is 2. The lowest BCUT2D eigenvalue weighted by Gasteiger charge is -2.35. The molecule has 1 fully saturated rings. The van der Waals surface area contributed by atoms with E-state index in [2.05, 4.69) is 41.9 Å². The van der Waals surface area contributed by atoms with Crippen LogP contribution >= 0.6 is 11.6 Å². The lowest BCUT2D eigenvalue weighted by Crippen LogP contribution is -2.48. The quantitative estimate of drug-likeness (QED) is 0.0526. The number of hydrogen-bond donors (Lipinski definition) is 2. The van der Waals surface area contributed by atoms with Crippen LogP contribution in [-0.4, -0.2) is 93.4 Å². The Morgan fingerprint density at radius 2 is 1.79 bits per heavy atom. The zero-order valence-corrected chi connectivity index (χ0v) is 32.8. The summed E-state index contributed by atoms with van der Waals surface area (Å²) >= 11 is 6.33. The van der Waals surface area contributed by atoms with Crippen molar-refractivity contribution in [1.29, 1.82) is 0 Å². The summed E-state index contributed by atoms with van der Waals surface area (Å²) < 4.78 is 52.7. The van der Waals surface area contributed by atoms with E-state index in [4.69, 9.17) is 30.5 Å². The van der Waals surface area contributed by atoms with Gasteiger partial charge in [0.15, 0.2) is 0 Å². The third-order valence-electron chi connectivity index (χ3n) is 8.63. The monoisotopic (exact) mass is 834 g/mol. The Hall–Kier alpha value is -6.44. The Balaban J connectivity index is 0.932. The van der Waals surface area contributed by atoms with E-state index in [1.807, 2.05) is 23.1 Å². The molecule has 2 aromatic heterocycles. The van der Waals surface area contributed by atoms with Crippen molar-refractivity contribution >= 4 is 56.3 Å². The van der Waals surface area contributed by atoms with Crippen LogP contribution in [0.15, 0.2) is 106 Å². The van der Waals surface area contributed by atoms with Crippen LogP contribution in [0, 0.1) is 5.21 Å². The molecule has 18 nitrogen and oxygen atoms in total. The van der Waals surface area contributed by atoms with Crippen molar-refractivity contribution < 1.29 is 46.5 Å². The molecule has 0 saturated carbocycles. The number of aromatic nitrogens is 4. The summed E-state index contributed by atoms with van der Waals surface area (Å²) in [6.45, 7) is 6.31. The molecule has 2 N–H and O–H groups in total. The van der Waals surface area contributed by atoms with Crippen LogP contribution in [0.2, 0.25) is 5.02 Å². The Morgan fingerprint density at radius 1 is 1.02 bits per heavy atom. The number of benzene rings is 3. The largest absolute Gasteiger partial charge is 0.494 e. The molecule has 3 heterocycles. The number of methoxy groups -OCH3 is 1. The van der Waals surface area contributed by atoms with Gasteiger partial charge in [0.05, 0.1) is 48.8 Å². The van der Waals surface area contributed by atoms with Crippen molar-refractivity contribution in [2.75, 3.05) is 68.6 Å². The van der Waals surface area contributed by atoms with Gasteiger partial charge in [-0.05, 0) is 60.2 Å². The van der Waals surface area contributed by atoms with Crippen LogP contribution in [0.5, 0.6) is 23.3 Å². The summed E-state index contributed by atoms with van der Waals surface area (Å²) in [6, 6.07) is 19.8. The van der Waals surface area contributed by atoms with Crippen LogP contribution in [0.4, 0.5) is 23.0 Å². The van der Waals surface area contributed by atoms with Crippen molar-refractivity contribution in [3.8, 4) is 23.3 Å². The van der Waals surface area contributed by atoms with Crippen molar-refractivity contribution in [2.45, 2.75) is 22.8 Å². The van der Waals surface area contributed by atoms with Gasteiger partial charge in [-0.1, -0.05) is 42.4 Å². The van der Waals surface area contributed by atoms with Crippen LogP contribution in [-0.2, 0) is 24.2 Å². The van der Waals surface area contributed by atoms with Crippen molar-refractivity contribution in [1.82, 2.24) is 20.0 Å². The summed E-state index contributed by atoms with van der Waals surface area (Å²) in [7, 11) is -2.65. The predicted octanol–water partition coefficient (Wildman–Crippen LogP) is 4.78. The van der Waals surface area contributed by atoms with Crippen LogP contribution in [0.25, 0.3) is 0 Å². The number of unbranched alkanes of at least 4 members (excludes halogenated alkanes) is 1. The maximum atomic E-state index is 12.9. The fourth-order valence-electron chi connectivity index (χ4n) is 5.72. The lowest BCUT2D eigenvalue weighted by atomic mass is 10.2. The summed E-state index contributed by atoms with van der Waals surface area (Å²) in [4.78, 5) is 36.9. The molecule has 5 aromatic rings. The highest BCUT2D eigenvalue weighted by atomic mass is 35.5. The number of esters is 1. The van der Waals surface area contributed by atoms with Gasteiger partial charge in [0.2, 0.25) is 17.7 Å². The molecule has 0 atom stereocenters. The second-order valence-electron chi connectivity index (χ2n) is 12.6. The highest BCUT2D eigenvalue weighted by molar-refractivity contribution is 7.91. The fraction of sp³-hybridized carbons (Fsp3) is 0.263. The zero-order chi connectivity index (χ0) is 41.1. The Kier molecular flexibility index (Phi) is 13.6. The minimum absolute atomic E-state index is 0.0202. The smallest absolute Gasteiger partial charge is 0.414 e. The van der Waals surface area contributed by atoms with E-state index in [-0.39, 0.29) is 58.3 Å². The molecular formula is C38H39ClN8O10S. The first kappa shape index (κ1) is 41.2. The van der Waals surface area contributed by atoms with Crippen molar-refractivity contribution in [3.05, 3.63) is 102 Å². The Morgan fingerprint density at radius 3 is 2.55 bits per heavy atom. The van der Waals surface area contributed by atoms with E-state index in [9.17, 15) is 23.2 Å². The van der Waals surface area contributed by atoms with E-state index in [0.717, 1.165) is 5.69 Å². The molecule has 0 aliphatic carbocycles. The number of piperazine rings is 1. The molecule has 58 heavy (non-hydrogen) atoms. The maximum absolute atomic E-state index is 12.9. The van der Waals surface area contributed by atoms with E-state index in [1.165, 1.54) is 36.5 Å². The summed E-state index contributed by atoms with van der Waals surface area (Å²) in [5, 5.41) is 20.8. The number of anilines is 4. The first-order chi connectivity index (χ1) is 28.0. The molecule has 6 rings (SSSR count). The van der Waals surface area contributed by atoms with Gasteiger partial charge in [-0.3, -0.25) is 19.1 Å². The van der Waals surface area contributed by atoms with Gasteiger partial charge in [0, 0.05) is 49.7 Å². The molecule has 1 amide bonds. The summed E-state index contributed by atoms with van der Waals surface area (Å²) in [5.41, 5.74) is 2.05. The third kappa shape index (κ3) is 10.5. The second kappa shape index (κ2) is 19.1. The molecule has 1 aliphatic rings. The number of hydrogen-bond acceptors (Lipinski definition) is 16. The fourth-order valence-corrected chi connectivity index (χ4v) is 7.14. The SMILES string of the molecule is C=CC(=O)Nc1cccc(Oc2nc(Nc3ccc(N4CCN(CC(=O)OCCCCOc5no[n+]([O-])c5S(=O)(=O)c5ccccc5)CC4)cc3OC)ncc2Cl)c1. The average molecular weight is 835 g/mol. The minimum Gasteiger partial charge on any atom is -0.494 e. The molecule has 20 heteroatoms. The van der Waals surface area contributed by atoms with Crippen LogP contribution < -0.4 is 34.6 Å². The lowest BCUT2D eigenvalue weighted by molar-refractivity contribution is -0.832. The number of sulfone groups is 1. The van der Waals surface area contributed by atoms with E-state index >= 15 is 0 Å². The molecule has 0 bridgehead atoms. The van der Waals surface area contributed by atoms with E-state index < -0.39 is 20.7 Å². The molecule has 1 aliphatic heterocycles. The molecule has 304 valence electrons. The molecule has 3 aromatic carbocycles. The Labute approximate surface area is 338 Å². The van der Waals surface area contributed by atoms with Gasteiger partial charge in [-0.15, -0.1) is 0 Å². The first-order valence-electron chi connectivity index (χ1n) is 17.9. The van der Waals surface area contributed by atoms with Gasteiger partial charge in [-0.2, -0.15) is 4.98 Å². The zero-order valence-electron chi connectivity index (χ0n) is 31.2. The topological polar surface area (TPSA) is 214 Å². The molecule has 0 spiro atoms. The highest BCUT2D eigenvalue weighted by Gasteiger charge is 2.35. The molecule has 0 unspecified atom stereocenters. The Bertz CT molecular complexity index is 2340. The molecule has 1 saturated heterocycles. The van der Waals surface area contributed by atoms with E-state index in [1.54, 1.807) is 37.4 Å². The van der Waals surface area contributed by atoms with Crippen LogP contribution in [0.1, 0.15) is 12.8 Å². The molecular weight excluding hydrogens is 796 g/mol. The number of ether oxygens (including phenoxy) is 4. The van der Waals surface area contributed by atoms with Crippen LogP contribution in [0.3, 0.4) is 0 Å². The van der Waals surface area contributed by atoms with Gasteiger partial charge in [0.25, 0.3) is 9.84 Å². The van der Waals surface area contributed by atoms with E-state index in [0.29, 0.717) is 61.9 Å². The number of nitrogens with one attached hydrogen (secondary N) is 2. The standard InChI is InChI=1S/C38H39ClN8O10S/c1-3-33(48)41-26-10-9-11-28(22-26)56-35-30(39)24-40-38(43-35)42-31-15-14-27(23-32(31)53-2)46-18-16-45(17-19-46)25-34(49)54-20-7-8-21-55-36-37(47(50)57-44-36)58(51,52)29-12-5-4-6-13-29/h3-6,9-15,22-24H,1,7-8,16-21,25H2,2H3,(H,41,48)(H,40,42,43). The first-order valence-corrected chi connectivity index (χ1v) is 19.7. The number of carbonyl (C=O) groups excluding carboxylic acids is 2. The third-order valence-corrected chi connectivity index (χ3v) is 10.6. The average Bonchev–Trinajstić information content (AvgIpc) is 3.61. The second-order valence-corrected chi connectivity index (χ2v) is 14.8. The van der Waals surface area contributed by atoms with Gasteiger partial charge >= 0.3 is 16.9 Å².